The number of carbonyl (C=O) groups is 2. The van der Waals surface area contributed by atoms with Gasteiger partial charge in [0.2, 0.25) is 0 Å². The molecule has 5 N–H and O–H groups in total. The number of amides is 2. The molecule has 5 aromatic carbocycles. The molecule has 0 aliphatic carbocycles. The number of nitrogen functional groups attached to an aromatic ring is 1. The molecule has 0 saturated heterocycles. The Bertz CT molecular complexity index is 1870. The predicted octanol–water partition coefficient (Wildman–Crippen LogP) is 7.35. The number of rotatable bonds is 17. The normalized spacial score (nSPS) is 11.9. The lowest BCUT2D eigenvalue weighted by Gasteiger charge is -2.23. The highest BCUT2D eigenvalue weighted by Gasteiger charge is 2.20. The van der Waals surface area contributed by atoms with Gasteiger partial charge in [-0.1, -0.05) is 84.9 Å². The number of nitrogens with one attached hydrogen (secondary N) is 2. The summed E-state index contributed by atoms with van der Waals surface area (Å²) in [7, 11) is 2.69. The van der Waals surface area contributed by atoms with Gasteiger partial charge in [0.1, 0.15) is 30.8 Å². The first-order chi connectivity index (χ1) is 25.8. The van der Waals surface area contributed by atoms with E-state index in [1.54, 1.807) is 23.1 Å². The molecule has 0 aliphatic heterocycles. The number of anilines is 3. The smallest absolute Gasteiger partial charge is 0.414 e. The molecule has 53 heavy (non-hydrogen) atoms. The fourth-order valence-corrected chi connectivity index (χ4v) is 5.77. The largest absolute Gasteiger partial charge is 0.491 e. The van der Waals surface area contributed by atoms with Crippen LogP contribution >= 0.6 is 0 Å². The molecule has 0 heterocycles. The lowest BCUT2D eigenvalue weighted by molar-refractivity contribution is 0.106. The van der Waals surface area contributed by atoms with Crippen LogP contribution in [0.3, 0.4) is 0 Å². The number of aliphatic hydroxyl groups is 1. The van der Waals surface area contributed by atoms with E-state index in [0.29, 0.717) is 61.2 Å². The maximum Gasteiger partial charge on any atom is 0.414 e. The number of hydrogen-bond acceptors (Lipinski definition) is 9. The zero-order chi connectivity index (χ0) is 37.4. The van der Waals surface area contributed by atoms with Crippen molar-refractivity contribution in [1.82, 2.24) is 5.32 Å². The summed E-state index contributed by atoms with van der Waals surface area (Å²) in [5.74, 6) is 1.06. The lowest BCUT2D eigenvalue weighted by Crippen LogP contribution is -2.32. The van der Waals surface area contributed by atoms with Gasteiger partial charge in [0.25, 0.3) is 0 Å². The Balaban J connectivity index is 1.19. The van der Waals surface area contributed by atoms with Gasteiger partial charge in [-0.3, -0.25) is 10.2 Å². The van der Waals surface area contributed by atoms with Gasteiger partial charge in [0, 0.05) is 29.9 Å². The molecule has 11 nitrogen and oxygen atoms in total. The summed E-state index contributed by atoms with van der Waals surface area (Å²) < 4.78 is 21.5. The quantitative estimate of drug-likeness (QED) is 0.0573. The number of hydrogen-bond donors (Lipinski definition) is 4. The summed E-state index contributed by atoms with van der Waals surface area (Å²) in [6.45, 7) is 1.75. The monoisotopic (exact) mass is 718 g/mol. The third-order valence-electron chi connectivity index (χ3n) is 8.58. The van der Waals surface area contributed by atoms with Gasteiger partial charge in [-0.15, -0.1) is 0 Å². The minimum Gasteiger partial charge on any atom is -0.491 e. The van der Waals surface area contributed by atoms with Crippen molar-refractivity contribution < 1.29 is 33.6 Å². The predicted molar refractivity (Wildman–Crippen MR) is 206 cm³/mol. The van der Waals surface area contributed by atoms with Gasteiger partial charge in [0.15, 0.2) is 0 Å². The molecular weight excluding hydrogens is 672 g/mol. The summed E-state index contributed by atoms with van der Waals surface area (Å²) in [5, 5.41) is 16.7. The average molecular weight is 719 g/mol. The van der Waals surface area contributed by atoms with Gasteiger partial charge in [-0.05, 0) is 71.6 Å². The van der Waals surface area contributed by atoms with E-state index >= 15 is 0 Å². The highest BCUT2D eigenvalue weighted by atomic mass is 16.5. The minimum atomic E-state index is -0.763. The Morgan fingerprint density at radius 3 is 2.04 bits per heavy atom. The first-order valence-electron chi connectivity index (χ1n) is 17.3. The molecule has 0 aromatic heterocycles. The highest BCUT2D eigenvalue weighted by Crippen LogP contribution is 2.31. The summed E-state index contributed by atoms with van der Waals surface area (Å²) >= 11 is 0. The number of aliphatic hydroxyl groups excluding tert-OH is 1. The van der Waals surface area contributed by atoms with E-state index in [9.17, 15) is 14.7 Å². The number of nitrogens with two attached hydrogens (primary N) is 1. The van der Waals surface area contributed by atoms with Crippen LogP contribution in [-0.2, 0) is 22.6 Å². The average Bonchev–Trinajstić information content (AvgIpc) is 3.20. The Labute approximate surface area is 310 Å². The number of nitrogens with zero attached hydrogens (tertiary/aromatic N) is 1. The highest BCUT2D eigenvalue weighted by molar-refractivity contribution is 5.87. The Kier molecular flexibility index (Phi) is 14.1. The van der Waals surface area contributed by atoms with E-state index in [4.69, 9.17) is 24.7 Å². The Morgan fingerprint density at radius 2 is 1.42 bits per heavy atom. The number of methoxy groups -OCH3 is 2. The number of benzene rings is 5. The van der Waals surface area contributed by atoms with Crippen molar-refractivity contribution in [1.29, 1.82) is 0 Å². The molecule has 2 atom stereocenters. The van der Waals surface area contributed by atoms with Crippen LogP contribution in [-0.4, -0.2) is 57.3 Å². The van der Waals surface area contributed by atoms with Gasteiger partial charge >= 0.3 is 12.2 Å². The maximum absolute atomic E-state index is 12.8. The van der Waals surface area contributed by atoms with Crippen molar-refractivity contribution in [2.45, 2.75) is 31.6 Å². The Morgan fingerprint density at radius 1 is 0.774 bits per heavy atom. The van der Waals surface area contributed by atoms with Crippen molar-refractivity contribution in [3.63, 3.8) is 0 Å². The molecule has 0 saturated carbocycles. The lowest BCUT2D eigenvalue weighted by atomic mass is 9.88. The SMILES string of the molecule is COC(=O)Nc1ccc(C(CCNC[C@H](O)COc2ccc(OCc3ccccc3)c(N)c2)c2ccc(N(Cc3ccccc3)C(=O)OC)cc2)cc1. The fourth-order valence-electron chi connectivity index (χ4n) is 5.77. The van der Waals surface area contributed by atoms with Crippen LogP contribution in [0.15, 0.2) is 127 Å². The van der Waals surface area contributed by atoms with E-state index in [0.717, 1.165) is 22.3 Å². The van der Waals surface area contributed by atoms with E-state index in [2.05, 4.69) is 10.6 Å². The second kappa shape index (κ2) is 19.5. The van der Waals surface area contributed by atoms with Crippen LogP contribution < -0.4 is 30.7 Å². The molecule has 0 spiro atoms. The molecule has 5 aromatic rings. The van der Waals surface area contributed by atoms with Gasteiger partial charge < -0.3 is 35.1 Å². The van der Waals surface area contributed by atoms with Crippen molar-refractivity contribution in [2.75, 3.05) is 49.9 Å². The molecule has 11 heteroatoms. The Hall–Kier alpha value is -6.04. The zero-order valence-corrected chi connectivity index (χ0v) is 29.9. The van der Waals surface area contributed by atoms with Crippen LogP contribution in [0.1, 0.15) is 34.6 Å². The molecule has 0 bridgehead atoms. The third kappa shape index (κ3) is 11.5. The van der Waals surface area contributed by atoms with E-state index in [-0.39, 0.29) is 12.5 Å². The van der Waals surface area contributed by atoms with Crippen molar-refractivity contribution >= 4 is 29.2 Å². The molecular formula is C42H46N4O7. The molecule has 0 aliphatic rings. The van der Waals surface area contributed by atoms with Crippen LogP contribution in [0.4, 0.5) is 26.7 Å². The fraction of sp³-hybridized carbons (Fsp3) is 0.238. The number of carbonyl (C=O) groups excluding carboxylic acids is 2. The maximum atomic E-state index is 12.8. The van der Waals surface area contributed by atoms with Crippen LogP contribution in [0.25, 0.3) is 0 Å². The molecule has 1 unspecified atom stereocenters. The molecule has 0 fully saturated rings. The second-order valence-electron chi connectivity index (χ2n) is 12.4. The van der Waals surface area contributed by atoms with E-state index in [1.165, 1.54) is 14.2 Å². The van der Waals surface area contributed by atoms with Crippen LogP contribution in [0.5, 0.6) is 11.5 Å². The molecule has 5 rings (SSSR count). The first-order valence-corrected chi connectivity index (χ1v) is 17.3. The van der Waals surface area contributed by atoms with Gasteiger partial charge in [-0.2, -0.15) is 0 Å². The zero-order valence-electron chi connectivity index (χ0n) is 29.9. The first kappa shape index (κ1) is 38.2. The third-order valence-corrected chi connectivity index (χ3v) is 8.58. The van der Waals surface area contributed by atoms with E-state index in [1.807, 2.05) is 109 Å². The standard InChI is InChI=1S/C42H46N4O7/c1-50-41(48)45-34-17-13-32(14-18-34)38(33-15-19-35(20-16-33)46(42(49)51-2)27-30-9-5-3-6-10-30)23-24-44-26-36(47)29-52-37-21-22-40(39(43)25-37)53-28-31-11-7-4-8-12-31/h3-22,25,36,38,44,47H,23-24,26-29,43H2,1-2H3,(H,45,48)/t36-,38?/m0/s1. The van der Waals surface area contributed by atoms with Crippen LogP contribution in [0, 0.1) is 0 Å². The molecule has 0 radical (unpaired) electrons. The summed E-state index contributed by atoms with van der Waals surface area (Å²) in [6, 6.07) is 40.2. The second-order valence-corrected chi connectivity index (χ2v) is 12.4. The van der Waals surface area contributed by atoms with Crippen LogP contribution in [0.2, 0.25) is 0 Å². The van der Waals surface area contributed by atoms with Crippen molar-refractivity contribution in [2.24, 2.45) is 0 Å². The van der Waals surface area contributed by atoms with Gasteiger partial charge in [-0.25, -0.2) is 9.59 Å². The molecule has 276 valence electrons. The minimum absolute atomic E-state index is 0.0385. The van der Waals surface area contributed by atoms with Crippen molar-refractivity contribution in [3.8, 4) is 11.5 Å². The summed E-state index contributed by atoms with van der Waals surface area (Å²) in [5.41, 5.74) is 12.1. The van der Waals surface area contributed by atoms with Crippen molar-refractivity contribution in [3.05, 3.63) is 150 Å². The molecule has 2 amide bonds. The summed E-state index contributed by atoms with van der Waals surface area (Å²) in [4.78, 5) is 26.1. The van der Waals surface area contributed by atoms with E-state index < -0.39 is 18.3 Å². The van der Waals surface area contributed by atoms with Gasteiger partial charge in [0.05, 0.1) is 26.5 Å². The summed E-state index contributed by atoms with van der Waals surface area (Å²) in [6.07, 6.45) is -1.06. The number of ether oxygens (including phenoxy) is 4. The topological polar surface area (TPSA) is 145 Å².